The molecule has 1 N–H and O–H groups in total. The molecule has 4 amide bonds. The van der Waals surface area contributed by atoms with E-state index in [-0.39, 0.29) is 12.7 Å². The minimum absolute atomic E-state index is 0.182. The Balaban J connectivity index is 2.04. The summed E-state index contributed by atoms with van der Waals surface area (Å²) in [6, 6.07) is 8.97. The van der Waals surface area contributed by atoms with Gasteiger partial charge in [0.2, 0.25) is 0 Å². The van der Waals surface area contributed by atoms with Gasteiger partial charge in [0.25, 0.3) is 0 Å². The summed E-state index contributed by atoms with van der Waals surface area (Å²) in [6.07, 6.45) is 0. The highest BCUT2D eigenvalue weighted by Crippen LogP contribution is 2.13. The molecule has 1 aromatic rings. The third-order valence-electron chi connectivity index (χ3n) is 3.38. The van der Waals surface area contributed by atoms with Crippen molar-refractivity contribution in [3.05, 3.63) is 35.9 Å². The van der Waals surface area contributed by atoms with E-state index >= 15 is 0 Å². The Labute approximate surface area is 123 Å². The lowest BCUT2D eigenvalue weighted by Gasteiger charge is -2.21. The molecular formula is C15H20N3O3+. The van der Waals surface area contributed by atoms with Crippen LogP contribution >= 0.6 is 0 Å². The molecule has 1 aromatic carbocycles. The third kappa shape index (κ3) is 3.11. The van der Waals surface area contributed by atoms with Gasteiger partial charge in [-0.05, 0) is 13.8 Å². The van der Waals surface area contributed by atoms with Crippen molar-refractivity contribution >= 4 is 17.8 Å². The third-order valence-corrected chi connectivity index (χ3v) is 3.38. The first-order chi connectivity index (χ1) is 9.91. The van der Waals surface area contributed by atoms with Crippen molar-refractivity contribution in [3.8, 4) is 0 Å². The molecule has 21 heavy (non-hydrogen) atoms. The molecule has 0 spiro atoms. The van der Waals surface area contributed by atoms with E-state index in [0.717, 1.165) is 20.3 Å². The lowest BCUT2D eigenvalue weighted by molar-refractivity contribution is -0.901. The molecule has 0 aromatic heterocycles. The molecule has 1 unspecified atom stereocenters. The molecule has 1 atom stereocenters. The summed E-state index contributed by atoms with van der Waals surface area (Å²) in [5.74, 6) is -1.47. The number of nitrogens with one attached hydrogen (secondary N) is 1. The molecular weight excluding hydrogens is 270 g/mol. The lowest BCUT2D eigenvalue weighted by atomic mass is 10.2. The maximum Gasteiger partial charge on any atom is 0.338 e. The normalized spacial score (nSPS) is 17.0. The van der Waals surface area contributed by atoms with Crippen LogP contribution in [0.25, 0.3) is 0 Å². The van der Waals surface area contributed by atoms with E-state index < -0.39 is 17.8 Å². The molecule has 6 heteroatoms. The summed E-state index contributed by atoms with van der Waals surface area (Å²) >= 11 is 0. The highest BCUT2D eigenvalue weighted by atomic mass is 16.2. The number of quaternary nitrogens is 1. The van der Waals surface area contributed by atoms with E-state index in [9.17, 15) is 14.4 Å². The number of amides is 4. The van der Waals surface area contributed by atoms with Gasteiger partial charge in [-0.2, -0.15) is 0 Å². The summed E-state index contributed by atoms with van der Waals surface area (Å²) < 4.78 is 0. The average molecular weight is 290 g/mol. The summed E-state index contributed by atoms with van der Waals surface area (Å²) in [6.45, 7) is 4.29. The van der Waals surface area contributed by atoms with Crippen LogP contribution in [0.5, 0.6) is 0 Å². The number of nitrogens with zero attached hydrogens (tertiary/aromatic N) is 2. The molecule has 0 radical (unpaired) electrons. The first-order valence-corrected chi connectivity index (χ1v) is 6.96. The Morgan fingerprint density at radius 2 is 1.67 bits per heavy atom. The molecule has 1 aliphatic rings. The lowest BCUT2D eigenvalue weighted by Crippen LogP contribution is -3.09. The number of benzene rings is 1. The Bertz CT molecular complexity index is 557. The number of urea groups is 1. The number of hydrogen-bond donors (Lipinski definition) is 1. The molecule has 112 valence electrons. The maximum absolute atomic E-state index is 12.2. The van der Waals surface area contributed by atoms with Crippen LogP contribution in [0.15, 0.2) is 30.3 Å². The molecule has 0 aliphatic carbocycles. The van der Waals surface area contributed by atoms with Gasteiger partial charge in [0.05, 0.1) is 7.05 Å². The minimum atomic E-state index is -0.735. The Hall–Kier alpha value is -2.21. The Morgan fingerprint density at radius 1 is 1.05 bits per heavy atom. The predicted octanol–water partition coefficient (Wildman–Crippen LogP) is -0.142. The predicted molar refractivity (Wildman–Crippen MR) is 76.1 cm³/mol. The van der Waals surface area contributed by atoms with Gasteiger partial charge in [-0.15, -0.1) is 0 Å². The standard InChI is InChI=1S/C15H19N3O3/c1-11(2)18-14(20)13(19)17(15(18)21)10-16(3)9-12-7-5-4-6-8-12/h4-8,11H,9-10H2,1-3H3/p+1. The minimum Gasteiger partial charge on any atom is -0.316 e. The molecule has 0 saturated carbocycles. The van der Waals surface area contributed by atoms with Crippen molar-refractivity contribution in [1.82, 2.24) is 9.80 Å². The van der Waals surface area contributed by atoms with E-state index in [1.54, 1.807) is 13.8 Å². The van der Waals surface area contributed by atoms with Gasteiger partial charge in [-0.1, -0.05) is 30.3 Å². The highest BCUT2D eigenvalue weighted by molar-refractivity contribution is 6.44. The topological polar surface area (TPSA) is 62.1 Å². The largest absolute Gasteiger partial charge is 0.338 e. The summed E-state index contributed by atoms with van der Waals surface area (Å²) in [5.41, 5.74) is 1.11. The van der Waals surface area contributed by atoms with Crippen LogP contribution in [0.1, 0.15) is 19.4 Å². The van der Waals surface area contributed by atoms with Gasteiger partial charge in [-0.3, -0.25) is 14.5 Å². The van der Waals surface area contributed by atoms with E-state index in [1.807, 2.05) is 37.4 Å². The van der Waals surface area contributed by atoms with Crippen LogP contribution < -0.4 is 4.90 Å². The van der Waals surface area contributed by atoms with Crippen molar-refractivity contribution in [3.63, 3.8) is 0 Å². The molecule has 1 fully saturated rings. The second kappa shape index (κ2) is 6.05. The molecule has 1 aliphatic heterocycles. The maximum atomic E-state index is 12.2. The van der Waals surface area contributed by atoms with Crippen molar-refractivity contribution in [2.24, 2.45) is 0 Å². The fourth-order valence-corrected chi connectivity index (χ4v) is 2.39. The van der Waals surface area contributed by atoms with Gasteiger partial charge >= 0.3 is 17.8 Å². The molecule has 6 nitrogen and oxygen atoms in total. The summed E-state index contributed by atoms with van der Waals surface area (Å²) in [5, 5.41) is 0. The number of imide groups is 2. The SMILES string of the molecule is CC(C)N1C(=O)C(=O)N(C[NH+](C)Cc2ccccc2)C1=O. The zero-order chi connectivity index (χ0) is 15.6. The second-order valence-corrected chi connectivity index (χ2v) is 5.56. The van der Waals surface area contributed by atoms with Gasteiger partial charge < -0.3 is 4.90 Å². The van der Waals surface area contributed by atoms with Crippen LogP contribution in [0, 0.1) is 0 Å². The summed E-state index contributed by atoms with van der Waals surface area (Å²) in [7, 11) is 1.88. The van der Waals surface area contributed by atoms with Crippen LogP contribution in [0.2, 0.25) is 0 Å². The van der Waals surface area contributed by atoms with Crippen LogP contribution in [-0.2, 0) is 16.1 Å². The van der Waals surface area contributed by atoms with Gasteiger partial charge in [0.15, 0.2) is 6.67 Å². The fourth-order valence-electron chi connectivity index (χ4n) is 2.39. The van der Waals surface area contributed by atoms with Crippen LogP contribution in [0.3, 0.4) is 0 Å². The number of rotatable bonds is 5. The second-order valence-electron chi connectivity index (χ2n) is 5.56. The zero-order valence-corrected chi connectivity index (χ0v) is 12.5. The zero-order valence-electron chi connectivity index (χ0n) is 12.5. The first kappa shape index (κ1) is 15.2. The van der Waals surface area contributed by atoms with Gasteiger partial charge in [-0.25, -0.2) is 9.69 Å². The molecule has 2 rings (SSSR count). The van der Waals surface area contributed by atoms with E-state index in [1.165, 1.54) is 0 Å². The van der Waals surface area contributed by atoms with Crippen LogP contribution in [-0.4, -0.2) is 47.4 Å². The van der Waals surface area contributed by atoms with Gasteiger partial charge in [0.1, 0.15) is 6.54 Å². The fraction of sp³-hybridized carbons (Fsp3) is 0.400. The first-order valence-electron chi connectivity index (χ1n) is 6.96. The highest BCUT2D eigenvalue weighted by Gasteiger charge is 2.46. The van der Waals surface area contributed by atoms with Crippen molar-refractivity contribution < 1.29 is 19.3 Å². The number of carbonyl (C=O) groups is 3. The molecule has 0 bridgehead atoms. The number of hydrogen-bond acceptors (Lipinski definition) is 3. The Morgan fingerprint density at radius 3 is 2.19 bits per heavy atom. The van der Waals surface area contributed by atoms with Crippen molar-refractivity contribution in [1.29, 1.82) is 0 Å². The monoisotopic (exact) mass is 290 g/mol. The van der Waals surface area contributed by atoms with Crippen molar-refractivity contribution in [2.45, 2.75) is 26.4 Å². The Kier molecular flexibility index (Phi) is 4.37. The number of carbonyl (C=O) groups excluding carboxylic acids is 3. The van der Waals surface area contributed by atoms with E-state index in [0.29, 0.717) is 6.54 Å². The van der Waals surface area contributed by atoms with Crippen LogP contribution in [0.4, 0.5) is 4.79 Å². The van der Waals surface area contributed by atoms with Gasteiger partial charge in [0, 0.05) is 11.6 Å². The summed E-state index contributed by atoms with van der Waals surface area (Å²) in [4.78, 5) is 38.9. The molecule has 1 heterocycles. The van der Waals surface area contributed by atoms with E-state index in [2.05, 4.69) is 0 Å². The quantitative estimate of drug-likeness (QED) is 0.606. The molecule has 1 saturated heterocycles. The van der Waals surface area contributed by atoms with E-state index in [4.69, 9.17) is 0 Å². The smallest absolute Gasteiger partial charge is 0.316 e. The van der Waals surface area contributed by atoms with Crippen molar-refractivity contribution in [2.75, 3.05) is 13.7 Å². The average Bonchev–Trinajstić information content (AvgIpc) is 2.64.